The van der Waals surface area contributed by atoms with Crippen LogP contribution in [-0.4, -0.2) is 65.4 Å². The molecule has 2 fully saturated rings. The second-order valence-electron chi connectivity index (χ2n) is 12.6. The lowest BCUT2D eigenvalue weighted by Gasteiger charge is -2.41. The van der Waals surface area contributed by atoms with Crippen molar-refractivity contribution in [1.29, 1.82) is 0 Å². The van der Waals surface area contributed by atoms with Crippen molar-refractivity contribution in [3.8, 4) is 0 Å². The molecular weight excluding hydrogens is 523 g/mol. The third-order valence-electron chi connectivity index (χ3n) is 7.32. The molecule has 12 heteroatoms. The lowest BCUT2D eigenvalue weighted by atomic mass is 9.85. The third kappa shape index (κ3) is 6.62. The van der Waals surface area contributed by atoms with Gasteiger partial charge in [0.05, 0.1) is 10.5 Å². The van der Waals surface area contributed by atoms with Crippen molar-refractivity contribution in [2.45, 2.75) is 89.5 Å². The summed E-state index contributed by atoms with van der Waals surface area (Å²) < 4.78 is 66.3. The van der Waals surface area contributed by atoms with E-state index in [-0.39, 0.29) is 41.3 Å². The average Bonchev–Trinajstić information content (AvgIpc) is 3.33. The number of carbonyl (C=O) groups is 2. The predicted molar refractivity (Wildman–Crippen MR) is 136 cm³/mol. The Morgan fingerprint density at radius 2 is 1.63 bits per heavy atom. The summed E-state index contributed by atoms with van der Waals surface area (Å²) in [7, 11) is -4.01. The number of amides is 2. The van der Waals surface area contributed by atoms with E-state index in [4.69, 9.17) is 0 Å². The Morgan fingerprint density at radius 3 is 2.11 bits per heavy atom. The number of nitrogens with zero attached hydrogens (tertiary/aromatic N) is 2. The standard InChI is InChI=1S/C26H38F3N3O5S/c1-24(2,3)13-21(32(23(34)35)25(4,5)6)22(33)30-20-12-7-16-14-31(15-19(16)20)38(36,37)18-10-8-17(9-11-18)26(27,28)29/h8-11,16,19-21H,7,12-15H2,1-6H3,(H,30,33)(H,34,35)/t16-,19+,20+,21+/m1/s1. The summed E-state index contributed by atoms with van der Waals surface area (Å²) in [6, 6.07) is 2.18. The zero-order chi connectivity index (χ0) is 28.8. The quantitative estimate of drug-likeness (QED) is 0.519. The maximum Gasteiger partial charge on any atom is 0.416 e. The zero-order valence-corrected chi connectivity index (χ0v) is 23.5. The van der Waals surface area contributed by atoms with Gasteiger partial charge in [0.1, 0.15) is 6.04 Å². The summed E-state index contributed by atoms with van der Waals surface area (Å²) >= 11 is 0. The van der Waals surface area contributed by atoms with Crippen molar-refractivity contribution in [2.75, 3.05) is 13.1 Å². The molecule has 1 saturated carbocycles. The van der Waals surface area contributed by atoms with E-state index in [0.717, 1.165) is 24.3 Å². The van der Waals surface area contributed by atoms with Crippen molar-refractivity contribution in [3.63, 3.8) is 0 Å². The maximum atomic E-state index is 13.5. The summed E-state index contributed by atoms with van der Waals surface area (Å²) in [5, 5.41) is 13.0. The van der Waals surface area contributed by atoms with Gasteiger partial charge in [-0.25, -0.2) is 13.2 Å². The number of rotatable bonds is 6. The zero-order valence-electron chi connectivity index (χ0n) is 22.7. The molecule has 1 aliphatic heterocycles. The Balaban J connectivity index is 1.77. The molecule has 1 heterocycles. The highest BCUT2D eigenvalue weighted by Gasteiger charge is 2.48. The second-order valence-corrected chi connectivity index (χ2v) is 14.5. The van der Waals surface area contributed by atoms with Gasteiger partial charge in [-0.3, -0.25) is 9.69 Å². The molecule has 1 aromatic rings. The fraction of sp³-hybridized carbons (Fsp3) is 0.692. The van der Waals surface area contributed by atoms with Crippen molar-refractivity contribution in [1.82, 2.24) is 14.5 Å². The molecule has 3 rings (SSSR count). The molecule has 1 saturated heterocycles. The van der Waals surface area contributed by atoms with Gasteiger partial charge < -0.3 is 10.4 Å². The van der Waals surface area contributed by atoms with Gasteiger partial charge in [-0.2, -0.15) is 17.5 Å². The van der Waals surface area contributed by atoms with Gasteiger partial charge in [0, 0.05) is 24.7 Å². The van der Waals surface area contributed by atoms with E-state index in [0.29, 0.717) is 19.3 Å². The highest BCUT2D eigenvalue weighted by atomic mass is 32.2. The largest absolute Gasteiger partial charge is 0.465 e. The van der Waals surface area contributed by atoms with Crippen molar-refractivity contribution < 1.29 is 36.3 Å². The number of benzene rings is 1. The minimum absolute atomic E-state index is 0.0104. The normalized spacial score (nSPS) is 23.7. The van der Waals surface area contributed by atoms with Gasteiger partial charge in [-0.05, 0) is 81.5 Å². The van der Waals surface area contributed by atoms with E-state index in [2.05, 4.69) is 5.32 Å². The summed E-state index contributed by atoms with van der Waals surface area (Å²) in [5.41, 5.74) is -2.08. The molecule has 38 heavy (non-hydrogen) atoms. The molecule has 0 radical (unpaired) electrons. The van der Waals surface area contributed by atoms with E-state index in [1.165, 1.54) is 9.21 Å². The first-order valence-corrected chi connectivity index (χ1v) is 14.2. The van der Waals surface area contributed by atoms with Crippen molar-refractivity contribution in [3.05, 3.63) is 29.8 Å². The van der Waals surface area contributed by atoms with Crippen LogP contribution in [0.1, 0.15) is 66.4 Å². The minimum Gasteiger partial charge on any atom is -0.465 e. The Hall–Kier alpha value is -2.34. The Kier molecular flexibility index (Phi) is 8.21. The first-order chi connectivity index (χ1) is 17.2. The number of sulfonamides is 1. The van der Waals surface area contributed by atoms with Crippen molar-refractivity contribution in [2.24, 2.45) is 17.3 Å². The molecule has 1 aromatic carbocycles. The van der Waals surface area contributed by atoms with Gasteiger partial charge >= 0.3 is 12.3 Å². The van der Waals surface area contributed by atoms with Crippen LogP contribution in [0.15, 0.2) is 29.2 Å². The van der Waals surface area contributed by atoms with Crippen LogP contribution in [0.3, 0.4) is 0 Å². The first-order valence-electron chi connectivity index (χ1n) is 12.7. The third-order valence-corrected chi connectivity index (χ3v) is 9.17. The SMILES string of the molecule is CC(C)(C)C[C@@H](C(=O)N[C@H]1CC[C@@H]2CN(S(=O)(=O)c3ccc(C(F)(F)F)cc3)C[C@@H]21)N(C(=O)O)C(C)(C)C. The molecule has 2 N–H and O–H groups in total. The molecule has 4 atom stereocenters. The number of fused-ring (bicyclic) bond motifs is 1. The lowest BCUT2D eigenvalue weighted by molar-refractivity contribution is -0.137. The molecule has 1 aliphatic carbocycles. The van der Waals surface area contributed by atoms with E-state index in [1.54, 1.807) is 20.8 Å². The number of halogens is 3. The predicted octanol–water partition coefficient (Wildman–Crippen LogP) is 4.80. The number of carbonyl (C=O) groups excluding carboxylic acids is 1. The van der Waals surface area contributed by atoms with Crippen LogP contribution >= 0.6 is 0 Å². The monoisotopic (exact) mass is 561 g/mol. The van der Waals surface area contributed by atoms with Crippen LogP contribution in [-0.2, 0) is 21.0 Å². The molecule has 2 aliphatic rings. The van der Waals surface area contributed by atoms with Crippen LogP contribution in [0.25, 0.3) is 0 Å². The molecule has 214 valence electrons. The number of hydrogen-bond donors (Lipinski definition) is 2. The molecule has 0 bridgehead atoms. The van der Waals surface area contributed by atoms with Crippen LogP contribution < -0.4 is 5.32 Å². The summed E-state index contributed by atoms with van der Waals surface area (Å²) in [5.74, 6) is -0.595. The molecule has 2 amide bonds. The van der Waals surface area contributed by atoms with E-state index in [1.807, 2.05) is 20.8 Å². The molecule has 0 aromatic heterocycles. The Morgan fingerprint density at radius 1 is 1.05 bits per heavy atom. The first kappa shape index (κ1) is 30.2. The Labute approximate surface area is 222 Å². The fourth-order valence-corrected chi connectivity index (χ4v) is 7.15. The van der Waals surface area contributed by atoms with Gasteiger partial charge in [0.2, 0.25) is 15.9 Å². The molecule has 8 nitrogen and oxygen atoms in total. The number of hydrogen-bond acceptors (Lipinski definition) is 4. The summed E-state index contributed by atoms with van der Waals surface area (Å²) in [4.78, 5) is 26.7. The number of alkyl halides is 3. The van der Waals surface area contributed by atoms with Crippen LogP contribution in [0.5, 0.6) is 0 Å². The van der Waals surface area contributed by atoms with E-state index >= 15 is 0 Å². The highest BCUT2D eigenvalue weighted by Crippen LogP contribution is 2.41. The molecular formula is C26H38F3N3O5S. The highest BCUT2D eigenvalue weighted by molar-refractivity contribution is 7.89. The van der Waals surface area contributed by atoms with Crippen LogP contribution in [0.2, 0.25) is 0 Å². The topological polar surface area (TPSA) is 107 Å². The average molecular weight is 562 g/mol. The Bertz CT molecular complexity index is 1140. The lowest BCUT2D eigenvalue weighted by Crippen LogP contribution is -2.59. The smallest absolute Gasteiger partial charge is 0.416 e. The van der Waals surface area contributed by atoms with Crippen LogP contribution in [0.4, 0.5) is 18.0 Å². The fourth-order valence-electron chi connectivity index (χ4n) is 5.61. The molecule has 0 unspecified atom stereocenters. The van der Waals surface area contributed by atoms with E-state index in [9.17, 15) is 36.3 Å². The van der Waals surface area contributed by atoms with Gasteiger partial charge in [0.15, 0.2) is 0 Å². The van der Waals surface area contributed by atoms with Gasteiger partial charge in [-0.1, -0.05) is 20.8 Å². The summed E-state index contributed by atoms with van der Waals surface area (Å²) in [6.45, 7) is 11.3. The van der Waals surface area contributed by atoms with Crippen molar-refractivity contribution >= 4 is 22.0 Å². The molecule has 0 spiro atoms. The maximum absolute atomic E-state index is 13.5. The number of carboxylic acid groups (broad SMARTS) is 1. The number of nitrogens with one attached hydrogen (secondary N) is 1. The minimum atomic E-state index is -4.56. The van der Waals surface area contributed by atoms with Crippen LogP contribution in [0, 0.1) is 17.3 Å². The second kappa shape index (κ2) is 10.3. The van der Waals surface area contributed by atoms with Gasteiger partial charge in [-0.15, -0.1) is 0 Å². The van der Waals surface area contributed by atoms with Gasteiger partial charge in [0.25, 0.3) is 0 Å². The van der Waals surface area contributed by atoms with E-state index < -0.39 is 45.3 Å². The summed E-state index contributed by atoms with van der Waals surface area (Å²) in [6.07, 6.45) is -4.13.